The molecule has 0 aliphatic rings. The minimum absolute atomic E-state index is 0. The maximum atomic E-state index is 13.4. The fourth-order valence-electron chi connectivity index (χ4n) is 3.41. The van der Waals surface area contributed by atoms with Crippen molar-refractivity contribution in [2.45, 2.75) is 60.8 Å². The topological polar surface area (TPSA) is 44.8 Å². The van der Waals surface area contributed by atoms with Gasteiger partial charge in [-0.15, -0.1) is 0 Å². The van der Waals surface area contributed by atoms with Crippen LogP contribution in [0.25, 0.3) is 0 Å². The van der Waals surface area contributed by atoms with Crippen molar-refractivity contribution in [3.8, 4) is 17.2 Å². The van der Waals surface area contributed by atoms with Crippen LogP contribution in [0.2, 0.25) is 0 Å². The summed E-state index contributed by atoms with van der Waals surface area (Å²) in [5, 5.41) is 0.797. The van der Waals surface area contributed by atoms with E-state index in [9.17, 15) is 4.79 Å². The smallest absolute Gasteiger partial charge is 0.494 e. The maximum absolute atomic E-state index is 13.4. The molecule has 6 heteroatoms. The van der Waals surface area contributed by atoms with Gasteiger partial charge in [-0.1, -0.05) is 32.9 Å². The van der Waals surface area contributed by atoms with Gasteiger partial charge in [0.05, 0.1) is 25.1 Å². The zero-order valence-electron chi connectivity index (χ0n) is 20.6. The van der Waals surface area contributed by atoms with Gasteiger partial charge >= 0.3 is 18.9 Å². The van der Waals surface area contributed by atoms with Crippen LogP contribution in [0.4, 0.5) is 0 Å². The summed E-state index contributed by atoms with van der Waals surface area (Å²) in [4.78, 5) is 13.4. The van der Waals surface area contributed by atoms with Crippen LogP contribution in [0.3, 0.4) is 0 Å². The largest absolute Gasteiger partial charge is 1.00 e. The van der Waals surface area contributed by atoms with Gasteiger partial charge in [0, 0.05) is 17.7 Å². The van der Waals surface area contributed by atoms with Crippen LogP contribution in [0.1, 0.15) is 68.6 Å². The molecule has 0 N–H and O–H groups in total. The second kappa shape index (κ2) is 12.0. The zero-order valence-corrected chi connectivity index (χ0v) is 21.6. The standard InChI is InChI=1S/C25H35O4P.Li/c1-9-27-19-14-20(28-10-2)23(21(15-19)29-11-3)30-24(26)22-16(4)12-18(13-17(22)5)25(6,7)8;/h12-15,30H,9-11H2,1-8H3;/q;+1. The molecule has 1 atom stereocenters. The Morgan fingerprint density at radius 3 is 1.68 bits per heavy atom. The quantitative estimate of drug-likeness (QED) is 0.447. The third-order valence-corrected chi connectivity index (χ3v) is 6.03. The number of hydrogen-bond donors (Lipinski definition) is 0. The molecule has 0 amide bonds. The van der Waals surface area contributed by atoms with E-state index in [-0.39, 0.29) is 38.4 Å². The Bertz CT molecular complexity index is 853. The van der Waals surface area contributed by atoms with E-state index in [1.807, 2.05) is 46.8 Å². The normalized spacial score (nSPS) is 11.4. The SMILES string of the molecule is CCOc1cc(OCC)c(PC(=O)c2c(C)cc(C(C)(C)C)cc2C)c(OCC)c1.[Li+]. The molecular weight excluding hydrogens is 402 g/mol. The molecule has 0 fully saturated rings. The minimum Gasteiger partial charge on any atom is -0.494 e. The Morgan fingerprint density at radius 1 is 0.839 bits per heavy atom. The average Bonchev–Trinajstić information content (AvgIpc) is 2.63. The van der Waals surface area contributed by atoms with Crippen molar-refractivity contribution < 1.29 is 37.9 Å². The second-order valence-electron chi connectivity index (χ2n) is 8.28. The predicted molar refractivity (Wildman–Crippen MR) is 127 cm³/mol. The summed E-state index contributed by atoms with van der Waals surface area (Å²) in [6.07, 6.45) is 0. The summed E-state index contributed by atoms with van der Waals surface area (Å²) < 4.78 is 17.4. The Balaban J connectivity index is 0.00000480. The van der Waals surface area contributed by atoms with Crippen LogP contribution in [0, 0.1) is 13.8 Å². The molecule has 2 aromatic carbocycles. The van der Waals surface area contributed by atoms with E-state index in [0.29, 0.717) is 37.1 Å². The molecule has 1 unspecified atom stereocenters. The molecule has 0 bridgehead atoms. The van der Waals surface area contributed by atoms with Crippen LogP contribution >= 0.6 is 8.58 Å². The Morgan fingerprint density at radius 2 is 1.29 bits per heavy atom. The third kappa shape index (κ3) is 7.01. The fraction of sp³-hybridized carbons (Fsp3) is 0.480. The van der Waals surface area contributed by atoms with Crippen LogP contribution in [0.5, 0.6) is 17.2 Å². The van der Waals surface area contributed by atoms with Crippen LogP contribution < -0.4 is 38.4 Å². The third-order valence-electron chi connectivity index (χ3n) is 4.81. The number of rotatable bonds is 9. The number of carbonyl (C=O) groups excluding carboxylic acids is 1. The van der Waals surface area contributed by atoms with E-state index in [0.717, 1.165) is 22.0 Å². The van der Waals surface area contributed by atoms with E-state index in [1.54, 1.807) is 0 Å². The average molecular weight is 437 g/mol. The molecule has 0 spiro atoms. The molecule has 4 nitrogen and oxygen atoms in total. The zero-order chi connectivity index (χ0) is 22.5. The number of aryl methyl sites for hydroxylation is 2. The molecule has 0 aromatic heterocycles. The monoisotopic (exact) mass is 437 g/mol. The minimum atomic E-state index is -0.0968. The summed E-state index contributed by atoms with van der Waals surface area (Å²) in [7, 11) is -0.0968. The molecule has 164 valence electrons. The Hall–Kier alpha value is -1.46. The first-order chi connectivity index (χ1) is 14.1. The molecule has 0 saturated heterocycles. The molecular formula is C25H35LiO4P+. The maximum Gasteiger partial charge on any atom is 1.00 e. The molecule has 31 heavy (non-hydrogen) atoms. The summed E-state index contributed by atoms with van der Waals surface area (Å²) in [5.74, 6) is 1.99. The van der Waals surface area contributed by atoms with Gasteiger partial charge < -0.3 is 14.2 Å². The van der Waals surface area contributed by atoms with E-state index in [2.05, 4.69) is 32.9 Å². The molecule has 0 aliphatic heterocycles. The van der Waals surface area contributed by atoms with Crippen molar-refractivity contribution in [1.82, 2.24) is 0 Å². The number of carbonyl (C=O) groups is 1. The van der Waals surface area contributed by atoms with Crippen LogP contribution in [-0.4, -0.2) is 25.3 Å². The van der Waals surface area contributed by atoms with Crippen molar-refractivity contribution in [2.24, 2.45) is 0 Å². The molecule has 0 radical (unpaired) electrons. The van der Waals surface area contributed by atoms with Crippen molar-refractivity contribution in [3.63, 3.8) is 0 Å². The first-order valence-corrected chi connectivity index (χ1v) is 11.6. The van der Waals surface area contributed by atoms with E-state index < -0.39 is 0 Å². The second-order valence-corrected chi connectivity index (χ2v) is 9.49. The van der Waals surface area contributed by atoms with Gasteiger partial charge in [-0.25, -0.2) is 0 Å². The molecule has 0 aliphatic carbocycles. The van der Waals surface area contributed by atoms with Crippen molar-refractivity contribution >= 4 is 19.4 Å². The summed E-state index contributed by atoms with van der Waals surface area (Å²) in [5.41, 5.74) is 4.19. The van der Waals surface area contributed by atoms with Crippen LogP contribution in [-0.2, 0) is 5.41 Å². The van der Waals surface area contributed by atoms with E-state index in [4.69, 9.17) is 14.2 Å². The van der Waals surface area contributed by atoms with Crippen molar-refractivity contribution in [2.75, 3.05) is 19.8 Å². The number of hydrogen-bond acceptors (Lipinski definition) is 4. The first kappa shape index (κ1) is 27.6. The van der Waals surface area contributed by atoms with Crippen molar-refractivity contribution in [1.29, 1.82) is 0 Å². The first-order valence-electron chi connectivity index (χ1n) is 10.6. The number of ether oxygens (including phenoxy) is 3. The van der Waals surface area contributed by atoms with Crippen LogP contribution in [0.15, 0.2) is 24.3 Å². The predicted octanol–water partition coefficient (Wildman–Crippen LogP) is 2.95. The van der Waals surface area contributed by atoms with E-state index >= 15 is 0 Å². The fourth-order valence-corrected chi connectivity index (χ4v) is 4.69. The van der Waals surface area contributed by atoms with Crippen molar-refractivity contribution in [3.05, 3.63) is 46.5 Å². The van der Waals surface area contributed by atoms with Gasteiger partial charge in [-0.2, -0.15) is 0 Å². The van der Waals surface area contributed by atoms with Gasteiger partial charge in [0.1, 0.15) is 17.2 Å². The molecule has 2 rings (SSSR count). The van der Waals surface area contributed by atoms with Gasteiger partial charge in [-0.3, -0.25) is 4.79 Å². The Kier molecular flexibility index (Phi) is 10.6. The van der Waals surface area contributed by atoms with Gasteiger partial charge in [0.25, 0.3) is 0 Å². The van der Waals surface area contributed by atoms with Gasteiger partial charge in [0.2, 0.25) is 0 Å². The molecule has 0 saturated carbocycles. The van der Waals surface area contributed by atoms with E-state index in [1.165, 1.54) is 5.56 Å². The summed E-state index contributed by atoms with van der Waals surface area (Å²) in [6, 6.07) is 7.98. The summed E-state index contributed by atoms with van der Waals surface area (Å²) in [6.45, 7) is 18.0. The van der Waals surface area contributed by atoms with Gasteiger partial charge in [0.15, 0.2) is 5.52 Å². The summed E-state index contributed by atoms with van der Waals surface area (Å²) >= 11 is 0. The number of benzene rings is 2. The Labute approximate surface area is 201 Å². The van der Waals surface area contributed by atoms with Gasteiger partial charge in [-0.05, 0) is 65.3 Å². The molecule has 2 aromatic rings. The molecule has 0 heterocycles.